The number of nitrogens with zero attached hydrogens (tertiary/aromatic N) is 3. The summed E-state index contributed by atoms with van der Waals surface area (Å²) in [6, 6.07) is 0. The molecular formula is C14H13Cl2N3OS2. The van der Waals surface area contributed by atoms with Gasteiger partial charge < -0.3 is 4.90 Å². The van der Waals surface area contributed by atoms with Gasteiger partial charge in [0, 0.05) is 24.4 Å². The van der Waals surface area contributed by atoms with Crippen LogP contribution in [0.4, 0.5) is 0 Å². The first-order chi connectivity index (χ1) is 10.6. The number of piperidine rings is 1. The van der Waals surface area contributed by atoms with Gasteiger partial charge >= 0.3 is 0 Å². The zero-order valence-electron chi connectivity index (χ0n) is 11.6. The molecule has 8 heteroatoms. The van der Waals surface area contributed by atoms with E-state index in [1.807, 2.05) is 10.3 Å². The van der Waals surface area contributed by atoms with Crippen LogP contribution >= 0.6 is 46.1 Å². The topological polar surface area (TPSA) is 46.1 Å². The summed E-state index contributed by atoms with van der Waals surface area (Å²) in [4.78, 5) is 19.1. The van der Waals surface area contributed by atoms with Crippen molar-refractivity contribution in [2.75, 3.05) is 13.1 Å². The summed E-state index contributed by atoms with van der Waals surface area (Å²) in [7, 11) is 0. The summed E-state index contributed by atoms with van der Waals surface area (Å²) in [6.45, 7) is 5.03. The Morgan fingerprint density at radius 2 is 2.32 bits per heavy atom. The van der Waals surface area contributed by atoms with Crippen molar-refractivity contribution in [3.63, 3.8) is 0 Å². The van der Waals surface area contributed by atoms with E-state index in [1.54, 1.807) is 11.3 Å². The van der Waals surface area contributed by atoms with Gasteiger partial charge in [0.15, 0.2) is 5.15 Å². The Bertz CT molecular complexity index is 713. The molecule has 116 valence electrons. The van der Waals surface area contributed by atoms with Crippen LogP contribution in [0.5, 0.6) is 0 Å². The van der Waals surface area contributed by atoms with Gasteiger partial charge in [0.25, 0.3) is 0 Å². The van der Waals surface area contributed by atoms with Crippen molar-refractivity contribution in [2.45, 2.75) is 18.8 Å². The minimum atomic E-state index is -0.0150. The molecule has 1 amide bonds. The summed E-state index contributed by atoms with van der Waals surface area (Å²) in [5, 5.41) is 3.77. The van der Waals surface area contributed by atoms with Crippen molar-refractivity contribution < 1.29 is 4.79 Å². The van der Waals surface area contributed by atoms with Crippen LogP contribution in [-0.2, 0) is 4.79 Å². The summed E-state index contributed by atoms with van der Waals surface area (Å²) in [5.74, 6) is 0.248. The van der Waals surface area contributed by atoms with E-state index in [9.17, 15) is 4.79 Å². The number of hydrogen-bond donors (Lipinski definition) is 0. The van der Waals surface area contributed by atoms with Gasteiger partial charge in [-0.05, 0) is 30.5 Å². The molecule has 1 aliphatic rings. The van der Waals surface area contributed by atoms with Gasteiger partial charge in [-0.25, -0.2) is 4.98 Å². The van der Waals surface area contributed by atoms with Crippen LogP contribution < -0.4 is 0 Å². The summed E-state index contributed by atoms with van der Waals surface area (Å²) < 4.78 is 4.04. The average molecular weight is 374 g/mol. The first-order valence-electron chi connectivity index (χ1n) is 6.78. The molecular weight excluding hydrogens is 361 g/mol. The van der Waals surface area contributed by atoms with Gasteiger partial charge in [-0.2, -0.15) is 4.37 Å². The fraction of sp³-hybridized carbons (Fsp3) is 0.357. The van der Waals surface area contributed by atoms with E-state index in [2.05, 4.69) is 15.9 Å². The molecule has 0 aliphatic carbocycles. The zero-order valence-corrected chi connectivity index (χ0v) is 14.7. The van der Waals surface area contributed by atoms with Crippen LogP contribution in [-0.4, -0.2) is 33.3 Å². The molecule has 2 aromatic rings. The van der Waals surface area contributed by atoms with Gasteiger partial charge in [-0.15, -0.1) is 11.3 Å². The number of carbonyl (C=O) groups is 1. The number of thiazole rings is 1. The van der Waals surface area contributed by atoms with Crippen molar-refractivity contribution in [3.05, 3.63) is 33.2 Å². The Labute approximate surface area is 146 Å². The first kappa shape index (κ1) is 15.9. The fourth-order valence-electron chi connectivity index (χ4n) is 2.51. The third-order valence-corrected chi connectivity index (χ3v) is 6.44. The molecule has 0 aromatic carbocycles. The van der Waals surface area contributed by atoms with E-state index in [1.165, 1.54) is 17.6 Å². The van der Waals surface area contributed by atoms with Crippen LogP contribution in [0.2, 0.25) is 10.2 Å². The number of amides is 1. The highest BCUT2D eigenvalue weighted by molar-refractivity contribution is 7.12. The minimum absolute atomic E-state index is 0.0150. The molecule has 1 fully saturated rings. The highest BCUT2D eigenvalue weighted by Gasteiger charge is 2.26. The Balaban J connectivity index is 1.80. The van der Waals surface area contributed by atoms with Gasteiger partial charge in [0.05, 0.1) is 20.6 Å². The largest absolute Gasteiger partial charge is 0.338 e. The maximum Gasteiger partial charge on any atom is 0.245 e. The number of rotatable bonds is 3. The molecule has 22 heavy (non-hydrogen) atoms. The number of halogens is 2. The van der Waals surface area contributed by atoms with Gasteiger partial charge in [0.1, 0.15) is 0 Å². The van der Waals surface area contributed by atoms with Gasteiger partial charge in [0.2, 0.25) is 5.91 Å². The van der Waals surface area contributed by atoms with E-state index in [0.717, 1.165) is 35.0 Å². The monoisotopic (exact) mass is 373 g/mol. The quantitative estimate of drug-likeness (QED) is 0.745. The number of aromatic nitrogens is 2. The van der Waals surface area contributed by atoms with Crippen molar-refractivity contribution in [3.8, 4) is 10.6 Å². The Hall–Kier alpha value is -0.950. The molecule has 0 radical (unpaired) electrons. The molecule has 1 atom stereocenters. The maximum atomic E-state index is 11.8. The molecule has 4 nitrogen and oxygen atoms in total. The molecule has 1 unspecified atom stereocenters. The van der Waals surface area contributed by atoms with Crippen LogP contribution in [0.25, 0.3) is 10.6 Å². The Morgan fingerprint density at radius 1 is 1.50 bits per heavy atom. The molecule has 0 saturated carbocycles. The van der Waals surface area contributed by atoms with E-state index in [0.29, 0.717) is 16.7 Å². The van der Waals surface area contributed by atoms with Crippen molar-refractivity contribution in [1.82, 2.24) is 14.3 Å². The standard InChI is InChI=1S/C14H13Cl2N3OS2/c1-2-10(20)19-5-3-4-8(6-19)14-17-9(7-21-14)12-11(15)13(16)18-22-12/h2,7-8H,1,3-6H2. The third-order valence-electron chi connectivity index (χ3n) is 3.61. The lowest BCUT2D eigenvalue weighted by Gasteiger charge is -2.31. The second-order valence-electron chi connectivity index (χ2n) is 5.02. The van der Waals surface area contributed by atoms with E-state index in [4.69, 9.17) is 23.2 Å². The first-order valence-corrected chi connectivity index (χ1v) is 9.19. The van der Waals surface area contributed by atoms with Crippen LogP contribution in [0.15, 0.2) is 18.0 Å². The number of likely N-dealkylation sites (tertiary alicyclic amines) is 1. The summed E-state index contributed by atoms with van der Waals surface area (Å²) >= 11 is 14.9. The van der Waals surface area contributed by atoms with E-state index >= 15 is 0 Å². The third kappa shape index (κ3) is 3.06. The predicted octanol–water partition coefficient (Wildman–Crippen LogP) is 4.47. The average Bonchev–Trinajstić information content (AvgIpc) is 3.15. The second kappa shape index (κ2) is 6.66. The van der Waals surface area contributed by atoms with Gasteiger partial charge in [-0.1, -0.05) is 29.8 Å². The maximum absolute atomic E-state index is 11.8. The molecule has 3 heterocycles. The lowest BCUT2D eigenvalue weighted by molar-refractivity contribution is -0.127. The highest BCUT2D eigenvalue weighted by Crippen LogP contribution is 2.39. The molecule has 0 bridgehead atoms. The van der Waals surface area contributed by atoms with Crippen LogP contribution in [0, 0.1) is 0 Å². The van der Waals surface area contributed by atoms with Gasteiger partial charge in [-0.3, -0.25) is 4.79 Å². The number of hydrogen-bond acceptors (Lipinski definition) is 5. The second-order valence-corrected chi connectivity index (χ2v) is 7.41. The number of carbonyl (C=O) groups excluding carboxylic acids is 1. The lowest BCUT2D eigenvalue weighted by atomic mass is 9.98. The normalized spacial score (nSPS) is 18.5. The van der Waals surface area contributed by atoms with Crippen molar-refractivity contribution in [1.29, 1.82) is 0 Å². The molecule has 0 spiro atoms. The smallest absolute Gasteiger partial charge is 0.245 e. The minimum Gasteiger partial charge on any atom is -0.338 e. The summed E-state index contributed by atoms with van der Waals surface area (Å²) in [5.41, 5.74) is 0.807. The SMILES string of the molecule is C=CC(=O)N1CCCC(c2nc(-c3snc(Cl)c3Cl)cs2)C1. The van der Waals surface area contributed by atoms with Crippen LogP contribution in [0.1, 0.15) is 23.8 Å². The Morgan fingerprint density at radius 3 is 3.00 bits per heavy atom. The zero-order chi connectivity index (χ0) is 15.7. The predicted molar refractivity (Wildman–Crippen MR) is 92.0 cm³/mol. The fourth-order valence-corrected chi connectivity index (χ4v) is 4.70. The molecule has 0 N–H and O–H groups in total. The molecule has 1 saturated heterocycles. The molecule has 2 aromatic heterocycles. The highest BCUT2D eigenvalue weighted by atomic mass is 35.5. The van der Waals surface area contributed by atoms with E-state index in [-0.39, 0.29) is 11.8 Å². The Kier molecular flexibility index (Phi) is 4.82. The van der Waals surface area contributed by atoms with Crippen LogP contribution in [0.3, 0.4) is 0 Å². The molecule has 3 rings (SSSR count). The lowest BCUT2D eigenvalue weighted by Crippen LogP contribution is -2.38. The summed E-state index contributed by atoms with van der Waals surface area (Å²) in [6.07, 6.45) is 3.38. The van der Waals surface area contributed by atoms with E-state index < -0.39 is 0 Å². The van der Waals surface area contributed by atoms with Crippen molar-refractivity contribution in [2.24, 2.45) is 0 Å². The van der Waals surface area contributed by atoms with Crippen molar-refractivity contribution >= 4 is 52.0 Å². The molecule has 1 aliphatic heterocycles.